The Morgan fingerprint density at radius 3 is 1.17 bits per heavy atom. The molecule has 11 rings (SSSR count). The van der Waals surface area contributed by atoms with E-state index in [9.17, 15) is 0 Å². The van der Waals surface area contributed by atoms with E-state index in [0.29, 0.717) is 0 Å². The number of nitrogens with zero attached hydrogens (tertiary/aromatic N) is 4. The molecule has 0 saturated heterocycles. The minimum atomic E-state index is 1.05. The minimum absolute atomic E-state index is 1.05. The summed E-state index contributed by atoms with van der Waals surface area (Å²) in [4.78, 5) is 4.73. The number of benzene rings is 9. The van der Waals surface area contributed by atoms with Crippen LogP contribution >= 0.6 is 0 Å². The van der Waals surface area contributed by atoms with Crippen LogP contribution in [0.3, 0.4) is 0 Å². The Bertz CT molecular complexity index is 3030. The second-order valence-corrected chi connectivity index (χ2v) is 14.6. The Hall–Kier alpha value is -7.82. The Kier molecular flexibility index (Phi) is 8.11. The standard InChI is InChI=1S/C54H38N4/c1-6-20-39(21-7-1)55(40-22-8-2-9-23-40)44-36-45(56(41-24-10-3-11-25-41)42-26-12-4-13-27-42)38-46(37-44)58-50-32-18-16-30-47(50)48-34-35-52-53(54(48)58)49-31-17-19-33-51(49)57(52)43-28-14-5-15-29-43/h1-38H. The van der Waals surface area contributed by atoms with Crippen molar-refractivity contribution in [2.24, 2.45) is 0 Å². The van der Waals surface area contributed by atoms with Crippen molar-refractivity contribution < 1.29 is 0 Å². The monoisotopic (exact) mass is 742 g/mol. The number of anilines is 6. The van der Waals surface area contributed by atoms with E-state index in [0.717, 1.165) is 51.0 Å². The topological polar surface area (TPSA) is 16.3 Å². The first-order valence-electron chi connectivity index (χ1n) is 19.8. The lowest BCUT2D eigenvalue weighted by Gasteiger charge is -2.30. The molecule has 9 aromatic carbocycles. The summed E-state index contributed by atoms with van der Waals surface area (Å²) >= 11 is 0. The van der Waals surface area contributed by atoms with Gasteiger partial charge in [-0.05, 0) is 97.1 Å². The minimum Gasteiger partial charge on any atom is -0.310 e. The Morgan fingerprint density at radius 1 is 0.259 bits per heavy atom. The maximum atomic E-state index is 2.50. The van der Waals surface area contributed by atoms with Gasteiger partial charge in [0.05, 0.1) is 39.1 Å². The van der Waals surface area contributed by atoms with E-state index in [-0.39, 0.29) is 0 Å². The predicted molar refractivity (Wildman–Crippen MR) is 244 cm³/mol. The smallest absolute Gasteiger partial charge is 0.0641 e. The second-order valence-electron chi connectivity index (χ2n) is 14.6. The molecule has 0 bridgehead atoms. The van der Waals surface area contributed by atoms with Crippen molar-refractivity contribution in [2.45, 2.75) is 0 Å². The molecule has 0 spiro atoms. The Labute approximate surface area is 337 Å². The van der Waals surface area contributed by atoms with Crippen LogP contribution < -0.4 is 9.80 Å². The van der Waals surface area contributed by atoms with E-state index in [2.05, 4.69) is 249 Å². The molecule has 0 atom stereocenters. The van der Waals surface area contributed by atoms with Gasteiger partial charge in [-0.25, -0.2) is 0 Å². The van der Waals surface area contributed by atoms with E-state index in [4.69, 9.17) is 0 Å². The number of aromatic nitrogens is 2. The molecule has 0 fully saturated rings. The summed E-state index contributed by atoms with van der Waals surface area (Å²) in [7, 11) is 0. The fourth-order valence-electron chi connectivity index (χ4n) is 8.80. The summed E-state index contributed by atoms with van der Waals surface area (Å²) < 4.78 is 4.91. The van der Waals surface area contributed by atoms with Crippen molar-refractivity contribution in [2.75, 3.05) is 9.80 Å². The number of hydrogen-bond acceptors (Lipinski definition) is 2. The lowest BCUT2D eigenvalue weighted by atomic mass is 10.1. The van der Waals surface area contributed by atoms with Gasteiger partial charge < -0.3 is 18.9 Å². The van der Waals surface area contributed by atoms with Gasteiger partial charge in [-0.3, -0.25) is 0 Å². The Balaban J connectivity index is 1.29. The third-order valence-electron chi connectivity index (χ3n) is 11.2. The van der Waals surface area contributed by atoms with Crippen LogP contribution in [0.5, 0.6) is 0 Å². The van der Waals surface area contributed by atoms with E-state index in [1.807, 2.05) is 0 Å². The molecule has 0 N–H and O–H groups in total. The summed E-state index contributed by atoms with van der Waals surface area (Å²) in [6, 6.07) is 82.8. The highest BCUT2D eigenvalue weighted by molar-refractivity contribution is 6.26. The van der Waals surface area contributed by atoms with Gasteiger partial charge in [0.1, 0.15) is 0 Å². The largest absolute Gasteiger partial charge is 0.310 e. The third-order valence-corrected chi connectivity index (χ3v) is 11.2. The molecule has 2 heterocycles. The summed E-state index contributed by atoms with van der Waals surface area (Å²) in [6.07, 6.45) is 0. The van der Waals surface area contributed by atoms with Crippen molar-refractivity contribution >= 4 is 77.7 Å². The molecular formula is C54H38N4. The summed E-state index contributed by atoms with van der Waals surface area (Å²) in [5, 5.41) is 4.88. The molecule has 58 heavy (non-hydrogen) atoms. The zero-order valence-electron chi connectivity index (χ0n) is 31.7. The number of hydrogen-bond donors (Lipinski definition) is 0. The molecule has 2 aromatic heterocycles. The van der Waals surface area contributed by atoms with Crippen molar-refractivity contribution in [3.05, 3.63) is 231 Å². The molecule has 0 aliphatic carbocycles. The second kappa shape index (κ2) is 14.0. The van der Waals surface area contributed by atoms with Crippen LogP contribution in [-0.4, -0.2) is 9.13 Å². The summed E-state index contributed by atoms with van der Waals surface area (Å²) in [6.45, 7) is 0. The van der Waals surface area contributed by atoms with Crippen molar-refractivity contribution in [3.63, 3.8) is 0 Å². The van der Waals surface area contributed by atoms with Crippen molar-refractivity contribution in [1.29, 1.82) is 0 Å². The number of rotatable bonds is 8. The summed E-state index contributed by atoms with van der Waals surface area (Å²) in [5.74, 6) is 0. The highest BCUT2D eigenvalue weighted by Crippen LogP contribution is 2.46. The van der Waals surface area contributed by atoms with Crippen LogP contribution in [0, 0.1) is 0 Å². The fourth-order valence-corrected chi connectivity index (χ4v) is 8.80. The zero-order valence-corrected chi connectivity index (χ0v) is 31.7. The SMILES string of the molecule is c1ccc(N(c2ccccc2)c2cc(N(c3ccccc3)c3ccccc3)cc(-n3c4ccccc4c4ccc5c(c6ccccc6n5-c5ccccc5)c43)c2)cc1. The molecule has 274 valence electrons. The van der Waals surface area contributed by atoms with Gasteiger partial charge in [0.15, 0.2) is 0 Å². The van der Waals surface area contributed by atoms with E-state index < -0.39 is 0 Å². The lowest BCUT2D eigenvalue weighted by molar-refractivity contribution is 1.16. The van der Waals surface area contributed by atoms with Crippen molar-refractivity contribution in [1.82, 2.24) is 9.13 Å². The Morgan fingerprint density at radius 2 is 0.672 bits per heavy atom. The van der Waals surface area contributed by atoms with Crippen LogP contribution in [0.15, 0.2) is 231 Å². The predicted octanol–water partition coefficient (Wildman–Crippen LogP) is 14.8. The van der Waals surface area contributed by atoms with Crippen LogP contribution in [0.1, 0.15) is 0 Å². The zero-order chi connectivity index (χ0) is 38.4. The average molecular weight is 743 g/mol. The first-order valence-corrected chi connectivity index (χ1v) is 19.8. The lowest BCUT2D eigenvalue weighted by Crippen LogP contribution is -2.14. The molecule has 4 nitrogen and oxygen atoms in total. The molecule has 11 aromatic rings. The highest BCUT2D eigenvalue weighted by atomic mass is 15.2. The van der Waals surface area contributed by atoms with Gasteiger partial charge in [-0.1, -0.05) is 133 Å². The number of para-hydroxylation sites is 7. The van der Waals surface area contributed by atoms with Crippen LogP contribution in [0.25, 0.3) is 55.0 Å². The molecule has 0 unspecified atom stereocenters. The van der Waals surface area contributed by atoms with E-state index in [1.54, 1.807) is 0 Å². The first-order chi connectivity index (χ1) is 28.8. The van der Waals surface area contributed by atoms with Crippen LogP contribution in [-0.2, 0) is 0 Å². The van der Waals surface area contributed by atoms with Gasteiger partial charge in [-0.15, -0.1) is 0 Å². The fraction of sp³-hybridized carbons (Fsp3) is 0. The van der Waals surface area contributed by atoms with Crippen LogP contribution in [0.4, 0.5) is 34.1 Å². The maximum absolute atomic E-state index is 2.50. The molecule has 0 amide bonds. The van der Waals surface area contributed by atoms with Gasteiger partial charge >= 0.3 is 0 Å². The third kappa shape index (κ3) is 5.54. The number of fused-ring (bicyclic) bond motifs is 7. The molecule has 4 heteroatoms. The molecule has 0 aliphatic heterocycles. The van der Waals surface area contributed by atoms with Gasteiger partial charge in [0.25, 0.3) is 0 Å². The summed E-state index contributed by atoms with van der Waals surface area (Å²) in [5.41, 5.74) is 13.3. The molecule has 0 aliphatic rings. The quantitative estimate of drug-likeness (QED) is 0.154. The normalized spacial score (nSPS) is 11.4. The molecular weight excluding hydrogens is 705 g/mol. The van der Waals surface area contributed by atoms with E-state index >= 15 is 0 Å². The average Bonchev–Trinajstić information content (AvgIpc) is 3.81. The van der Waals surface area contributed by atoms with Gasteiger partial charge in [0, 0.05) is 50.0 Å². The van der Waals surface area contributed by atoms with Crippen LogP contribution in [0.2, 0.25) is 0 Å². The maximum Gasteiger partial charge on any atom is 0.0641 e. The molecule has 0 radical (unpaired) electrons. The van der Waals surface area contributed by atoms with E-state index in [1.165, 1.54) is 38.1 Å². The van der Waals surface area contributed by atoms with Crippen molar-refractivity contribution in [3.8, 4) is 11.4 Å². The molecule has 0 saturated carbocycles. The first kappa shape index (κ1) is 33.5. The highest BCUT2D eigenvalue weighted by Gasteiger charge is 2.24. The van der Waals surface area contributed by atoms with Gasteiger partial charge in [0.2, 0.25) is 0 Å². The van der Waals surface area contributed by atoms with Gasteiger partial charge in [-0.2, -0.15) is 0 Å².